The van der Waals surface area contributed by atoms with E-state index >= 15 is 0 Å². The van der Waals surface area contributed by atoms with Gasteiger partial charge in [0.1, 0.15) is 11.5 Å². The molecule has 2 N–H and O–H groups in total. The normalized spacial score (nSPS) is 17.0. The van der Waals surface area contributed by atoms with E-state index in [4.69, 9.17) is 16.3 Å². The first-order chi connectivity index (χ1) is 16.8. The van der Waals surface area contributed by atoms with E-state index in [1.165, 1.54) is 17.0 Å². The van der Waals surface area contributed by atoms with Crippen LogP contribution in [0, 0.1) is 0 Å². The van der Waals surface area contributed by atoms with Gasteiger partial charge in [0, 0.05) is 17.1 Å². The molecule has 1 saturated heterocycles. The van der Waals surface area contributed by atoms with E-state index in [9.17, 15) is 24.6 Å². The SMILES string of the molecule is CCOC(=O)c1ccc(CN2C(=O)C(=O)/C(=C(/O)c3ccc(Cl)cc3)C2c2ccc(O)cc2)cc1. The number of hydrogen-bond acceptors (Lipinski definition) is 6. The molecular formula is C27H22ClNO6. The third-order valence-electron chi connectivity index (χ3n) is 5.68. The van der Waals surface area contributed by atoms with Crippen LogP contribution < -0.4 is 0 Å². The Morgan fingerprint density at radius 2 is 1.54 bits per heavy atom. The van der Waals surface area contributed by atoms with Crippen LogP contribution in [0.1, 0.15) is 40.0 Å². The number of likely N-dealkylation sites (tertiary alicyclic amines) is 1. The Hall–Kier alpha value is -4.10. The molecule has 3 aromatic rings. The zero-order valence-corrected chi connectivity index (χ0v) is 19.5. The number of esters is 1. The highest BCUT2D eigenvalue weighted by Crippen LogP contribution is 2.40. The molecule has 0 spiro atoms. The lowest BCUT2D eigenvalue weighted by Gasteiger charge is -2.25. The number of hydrogen-bond donors (Lipinski definition) is 2. The molecule has 7 nitrogen and oxygen atoms in total. The second-order valence-electron chi connectivity index (χ2n) is 7.94. The quantitative estimate of drug-likeness (QED) is 0.221. The Morgan fingerprint density at radius 3 is 2.14 bits per heavy atom. The molecule has 1 amide bonds. The fourth-order valence-corrected chi connectivity index (χ4v) is 4.09. The topological polar surface area (TPSA) is 104 Å². The number of rotatable bonds is 6. The van der Waals surface area contributed by atoms with E-state index in [2.05, 4.69) is 0 Å². The summed E-state index contributed by atoms with van der Waals surface area (Å²) >= 11 is 5.95. The maximum atomic E-state index is 13.1. The number of benzene rings is 3. The van der Waals surface area contributed by atoms with Crippen LogP contribution in [0.5, 0.6) is 5.75 Å². The molecule has 8 heteroatoms. The molecule has 1 heterocycles. The molecule has 0 aromatic heterocycles. The summed E-state index contributed by atoms with van der Waals surface area (Å²) in [5.74, 6) is -2.34. The van der Waals surface area contributed by atoms with E-state index in [1.54, 1.807) is 67.6 Å². The van der Waals surface area contributed by atoms with Crippen molar-refractivity contribution >= 4 is 35.0 Å². The van der Waals surface area contributed by atoms with Gasteiger partial charge in [-0.2, -0.15) is 0 Å². The number of halogens is 1. The van der Waals surface area contributed by atoms with E-state index in [-0.39, 0.29) is 30.2 Å². The minimum Gasteiger partial charge on any atom is -0.508 e. The van der Waals surface area contributed by atoms with Gasteiger partial charge in [-0.25, -0.2) is 4.79 Å². The number of aromatic hydroxyl groups is 1. The van der Waals surface area contributed by atoms with Crippen molar-refractivity contribution in [3.8, 4) is 5.75 Å². The second-order valence-corrected chi connectivity index (χ2v) is 8.38. The van der Waals surface area contributed by atoms with Crippen LogP contribution >= 0.6 is 11.6 Å². The minimum absolute atomic E-state index is 0.0259. The summed E-state index contributed by atoms with van der Waals surface area (Å²) in [6.45, 7) is 2.03. The highest BCUT2D eigenvalue weighted by atomic mass is 35.5. The monoisotopic (exact) mass is 491 g/mol. The Bertz CT molecular complexity index is 1300. The Kier molecular flexibility index (Phi) is 6.89. The van der Waals surface area contributed by atoms with Gasteiger partial charge in [0.2, 0.25) is 0 Å². The molecule has 0 radical (unpaired) electrons. The predicted octanol–water partition coefficient (Wildman–Crippen LogP) is 4.84. The van der Waals surface area contributed by atoms with Crippen molar-refractivity contribution in [2.24, 2.45) is 0 Å². The molecule has 1 aliphatic rings. The van der Waals surface area contributed by atoms with Crippen LogP contribution in [0.3, 0.4) is 0 Å². The van der Waals surface area contributed by atoms with Crippen LogP contribution in [0.15, 0.2) is 78.4 Å². The number of amides is 1. The highest BCUT2D eigenvalue weighted by molar-refractivity contribution is 6.46. The molecule has 4 rings (SSSR count). The lowest BCUT2D eigenvalue weighted by molar-refractivity contribution is -0.140. The minimum atomic E-state index is -0.893. The molecule has 0 saturated carbocycles. The van der Waals surface area contributed by atoms with Gasteiger partial charge in [0.05, 0.1) is 23.8 Å². The van der Waals surface area contributed by atoms with Crippen molar-refractivity contribution in [2.75, 3.05) is 6.61 Å². The van der Waals surface area contributed by atoms with E-state index in [0.717, 1.165) is 0 Å². The average molecular weight is 492 g/mol. The molecule has 1 aliphatic heterocycles. The second kappa shape index (κ2) is 10.0. The van der Waals surface area contributed by atoms with E-state index in [1.807, 2.05) is 0 Å². The largest absolute Gasteiger partial charge is 0.508 e. The molecule has 1 atom stereocenters. The number of carbonyl (C=O) groups excluding carboxylic acids is 3. The maximum Gasteiger partial charge on any atom is 0.338 e. The van der Waals surface area contributed by atoms with Crippen LogP contribution in [0.25, 0.3) is 5.76 Å². The average Bonchev–Trinajstić information content (AvgIpc) is 3.10. The number of ketones is 1. The van der Waals surface area contributed by atoms with Crippen molar-refractivity contribution in [2.45, 2.75) is 19.5 Å². The lowest BCUT2D eigenvalue weighted by atomic mass is 9.95. The summed E-state index contributed by atoms with van der Waals surface area (Å²) in [7, 11) is 0. The number of phenolic OH excluding ortho intramolecular Hbond substituents is 1. The van der Waals surface area contributed by atoms with Gasteiger partial charge in [-0.3, -0.25) is 9.59 Å². The predicted molar refractivity (Wildman–Crippen MR) is 130 cm³/mol. The lowest BCUT2D eigenvalue weighted by Crippen LogP contribution is -2.29. The third-order valence-corrected chi connectivity index (χ3v) is 5.94. The van der Waals surface area contributed by atoms with E-state index < -0.39 is 23.7 Å². The number of phenols is 1. The first-order valence-electron chi connectivity index (χ1n) is 10.9. The number of carbonyl (C=O) groups is 3. The molecule has 178 valence electrons. The van der Waals surface area contributed by atoms with Crippen molar-refractivity contribution < 1.29 is 29.3 Å². The van der Waals surface area contributed by atoms with Gasteiger partial charge in [-0.15, -0.1) is 0 Å². The van der Waals surface area contributed by atoms with Crippen molar-refractivity contribution in [3.05, 3.63) is 106 Å². The van der Waals surface area contributed by atoms with Crippen LogP contribution in [0.2, 0.25) is 5.02 Å². The standard InChI is InChI=1S/C27H22ClNO6/c1-2-35-27(34)19-5-3-16(4-6-19)15-29-23(17-9-13-21(30)14-10-17)22(25(32)26(29)33)24(31)18-7-11-20(28)12-8-18/h3-14,23,30-31H,2,15H2,1H3/b24-22+. The Morgan fingerprint density at radius 1 is 0.943 bits per heavy atom. The van der Waals surface area contributed by atoms with Crippen LogP contribution in [-0.2, 0) is 20.9 Å². The molecule has 1 unspecified atom stereocenters. The summed E-state index contributed by atoms with van der Waals surface area (Å²) in [5, 5.41) is 21.2. The Balaban J connectivity index is 1.75. The zero-order chi connectivity index (χ0) is 25.1. The van der Waals surface area contributed by atoms with Gasteiger partial charge in [0.15, 0.2) is 0 Å². The number of Topliss-reactive ketones (excluding diaryl/α,β-unsaturated/α-hetero) is 1. The molecular weight excluding hydrogens is 470 g/mol. The summed E-state index contributed by atoms with van der Waals surface area (Å²) in [6, 6.07) is 18.0. The zero-order valence-electron chi connectivity index (χ0n) is 18.8. The van der Waals surface area contributed by atoms with Gasteiger partial charge in [-0.05, 0) is 66.6 Å². The van der Waals surface area contributed by atoms with E-state index in [0.29, 0.717) is 27.3 Å². The van der Waals surface area contributed by atoms with Gasteiger partial charge >= 0.3 is 5.97 Å². The highest BCUT2D eigenvalue weighted by Gasteiger charge is 2.46. The summed E-state index contributed by atoms with van der Waals surface area (Å²) in [6.07, 6.45) is 0. The summed E-state index contributed by atoms with van der Waals surface area (Å²) in [4.78, 5) is 39.5. The summed E-state index contributed by atoms with van der Waals surface area (Å²) < 4.78 is 5.00. The summed E-state index contributed by atoms with van der Waals surface area (Å²) in [5.41, 5.74) is 1.87. The number of ether oxygens (including phenoxy) is 1. The third kappa shape index (κ3) is 4.90. The fraction of sp³-hybridized carbons (Fsp3) is 0.148. The molecule has 35 heavy (non-hydrogen) atoms. The number of aliphatic hydroxyl groups is 1. The van der Waals surface area contributed by atoms with Gasteiger partial charge < -0.3 is 19.8 Å². The molecule has 0 aliphatic carbocycles. The number of aliphatic hydroxyl groups excluding tert-OH is 1. The smallest absolute Gasteiger partial charge is 0.338 e. The van der Waals surface area contributed by atoms with Gasteiger partial charge in [-0.1, -0.05) is 35.9 Å². The molecule has 3 aromatic carbocycles. The first kappa shape index (κ1) is 24.0. The van der Waals surface area contributed by atoms with Crippen molar-refractivity contribution in [1.82, 2.24) is 4.90 Å². The van der Waals surface area contributed by atoms with Crippen molar-refractivity contribution in [1.29, 1.82) is 0 Å². The number of nitrogens with zero attached hydrogens (tertiary/aromatic N) is 1. The van der Waals surface area contributed by atoms with Crippen LogP contribution in [0.4, 0.5) is 0 Å². The molecule has 1 fully saturated rings. The Labute approximate surface area is 206 Å². The molecule has 0 bridgehead atoms. The van der Waals surface area contributed by atoms with Crippen molar-refractivity contribution in [3.63, 3.8) is 0 Å². The van der Waals surface area contributed by atoms with Crippen LogP contribution in [-0.4, -0.2) is 39.4 Å². The van der Waals surface area contributed by atoms with Gasteiger partial charge in [0.25, 0.3) is 11.7 Å². The maximum absolute atomic E-state index is 13.1. The fourth-order valence-electron chi connectivity index (χ4n) is 3.97. The first-order valence-corrected chi connectivity index (χ1v) is 11.3.